The zero-order valence-electron chi connectivity index (χ0n) is 10.5. The monoisotopic (exact) mass is 301 g/mol. The molecular formula is C11H12ClN3O5. The van der Waals surface area contributed by atoms with Crippen LogP contribution in [0.1, 0.15) is 6.92 Å². The molecule has 1 rings (SSSR count). The van der Waals surface area contributed by atoms with E-state index >= 15 is 0 Å². The number of aliphatic carboxylic acids is 1. The van der Waals surface area contributed by atoms with E-state index in [0.29, 0.717) is 0 Å². The first-order valence-electron chi connectivity index (χ1n) is 5.56. The van der Waals surface area contributed by atoms with Crippen LogP contribution < -0.4 is 5.32 Å². The van der Waals surface area contributed by atoms with E-state index in [4.69, 9.17) is 16.7 Å². The van der Waals surface area contributed by atoms with Gasteiger partial charge in [0, 0.05) is 18.3 Å². The smallest absolute Gasteiger partial charge is 0.323 e. The summed E-state index contributed by atoms with van der Waals surface area (Å²) in [6.45, 7) is 1.35. The number of likely N-dealkylation sites (N-methyl/N-ethyl adjacent to an activating group) is 1. The van der Waals surface area contributed by atoms with Gasteiger partial charge in [-0.25, -0.2) is 4.79 Å². The molecule has 0 saturated carbocycles. The highest BCUT2D eigenvalue weighted by molar-refractivity contribution is 6.32. The number of carboxylic acid groups (broad SMARTS) is 1. The van der Waals surface area contributed by atoms with E-state index < -0.39 is 23.5 Å². The van der Waals surface area contributed by atoms with Gasteiger partial charge in [-0.15, -0.1) is 0 Å². The molecule has 2 N–H and O–H groups in total. The summed E-state index contributed by atoms with van der Waals surface area (Å²) in [7, 11) is 0. The van der Waals surface area contributed by atoms with Gasteiger partial charge in [-0.2, -0.15) is 0 Å². The van der Waals surface area contributed by atoms with Crippen molar-refractivity contribution in [2.75, 3.05) is 18.4 Å². The van der Waals surface area contributed by atoms with Gasteiger partial charge in [0.25, 0.3) is 5.69 Å². The maximum Gasteiger partial charge on any atom is 0.323 e. The molecular weight excluding hydrogens is 290 g/mol. The number of carbonyl (C=O) groups is 2. The molecule has 0 aliphatic carbocycles. The molecule has 0 saturated heterocycles. The molecule has 1 aromatic carbocycles. The molecule has 0 heterocycles. The van der Waals surface area contributed by atoms with E-state index in [2.05, 4.69) is 5.32 Å². The van der Waals surface area contributed by atoms with Crippen molar-refractivity contribution in [2.24, 2.45) is 0 Å². The molecule has 2 amide bonds. The summed E-state index contributed by atoms with van der Waals surface area (Å²) >= 11 is 5.64. The standard InChI is InChI=1S/C11H12ClN3O5/c1-2-14(6-10(16)17)11(18)13-7-3-4-8(12)9(5-7)15(19)20/h3-5H,2,6H2,1H3,(H,13,18)(H,16,17). The fourth-order valence-electron chi connectivity index (χ4n) is 1.42. The van der Waals surface area contributed by atoms with E-state index in [1.165, 1.54) is 12.1 Å². The number of nitrogens with one attached hydrogen (secondary N) is 1. The zero-order chi connectivity index (χ0) is 15.3. The van der Waals surface area contributed by atoms with Gasteiger partial charge in [0.05, 0.1) is 4.92 Å². The third kappa shape index (κ3) is 4.09. The average molecular weight is 302 g/mol. The molecule has 0 atom stereocenters. The lowest BCUT2D eigenvalue weighted by Gasteiger charge is -2.19. The van der Waals surface area contributed by atoms with Crippen molar-refractivity contribution in [1.29, 1.82) is 0 Å². The number of nitro groups is 1. The van der Waals surface area contributed by atoms with Crippen LogP contribution in [0.25, 0.3) is 0 Å². The van der Waals surface area contributed by atoms with Crippen molar-refractivity contribution in [3.8, 4) is 0 Å². The third-order valence-corrected chi connectivity index (χ3v) is 2.71. The first-order valence-corrected chi connectivity index (χ1v) is 5.94. The van der Waals surface area contributed by atoms with Crippen LogP contribution >= 0.6 is 11.6 Å². The lowest BCUT2D eigenvalue weighted by Crippen LogP contribution is -2.38. The van der Waals surface area contributed by atoms with E-state index in [9.17, 15) is 19.7 Å². The van der Waals surface area contributed by atoms with Crippen LogP contribution in [-0.2, 0) is 4.79 Å². The average Bonchev–Trinajstić information content (AvgIpc) is 2.37. The maximum absolute atomic E-state index is 11.8. The summed E-state index contributed by atoms with van der Waals surface area (Å²) in [5.74, 6) is -1.15. The number of hydrogen-bond acceptors (Lipinski definition) is 4. The largest absolute Gasteiger partial charge is 0.480 e. The second-order valence-electron chi connectivity index (χ2n) is 3.76. The van der Waals surface area contributed by atoms with Gasteiger partial charge in [0.2, 0.25) is 0 Å². The van der Waals surface area contributed by atoms with E-state index in [1.807, 2.05) is 0 Å². The van der Waals surface area contributed by atoms with Crippen molar-refractivity contribution < 1.29 is 19.6 Å². The molecule has 9 heteroatoms. The van der Waals surface area contributed by atoms with Gasteiger partial charge < -0.3 is 15.3 Å². The Balaban J connectivity index is 2.87. The number of nitrogens with zero attached hydrogens (tertiary/aromatic N) is 2. The number of urea groups is 1. The molecule has 0 radical (unpaired) electrons. The molecule has 1 aromatic rings. The van der Waals surface area contributed by atoms with Crippen molar-refractivity contribution in [2.45, 2.75) is 6.92 Å². The number of hydrogen-bond donors (Lipinski definition) is 2. The highest BCUT2D eigenvalue weighted by Crippen LogP contribution is 2.27. The summed E-state index contributed by atoms with van der Waals surface area (Å²) in [6, 6.07) is 3.12. The number of halogens is 1. The Morgan fingerprint density at radius 1 is 1.50 bits per heavy atom. The Labute approximate surface area is 119 Å². The number of rotatable bonds is 5. The van der Waals surface area contributed by atoms with Crippen molar-refractivity contribution in [3.05, 3.63) is 33.3 Å². The number of amides is 2. The van der Waals surface area contributed by atoms with Crippen molar-refractivity contribution in [3.63, 3.8) is 0 Å². The van der Waals surface area contributed by atoms with E-state index in [1.54, 1.807) is 6.92 Å². The molecule has 0 fully saturated rings. The Hall–Kier alpha value is -2.35. The molecule has 0 aromatic heterocycles. The molecule has 0 bridgehead atoms. The fraction of sp³-hybridized carbons (Fsp3) is 0.273. The molecule has 0 spiro atoms. The van der Waals surface area contributed by atoms with Crippen LogP contribution in [0.15, 0.2) is 18.2 Å². The summed E-state index contributed by atoms with van der Waals surface area (Å²) in [5, 5.41) is 21.7. The predicted molar refractivity (Wildman–Crippen MR) is 72.0 cm³/mol. The summed E-state index contributed by atoms with van der Waals surface area (Å²) in [5.41, 5.74) is -0.180. The van der Waals surface area contributed by atoms with Gasteiger partial charge in [0.1, 0.15) is 11.6 Å². The molecule has 20 heavy (non-hydrogen) atoms. The van der Waals surface area contributed by atoms with Crippen LogP contribution in [0, 0.1) is 10.1 Å². The molecule has 108 valence electrons. The highest BCUT2D eigenvalue weighted by atomic mass is 35.5. The minimum Gasteiger partial charge on any atom is -0.480 e. The third-order valence-electron chi connectivity index (χ3n) is 2.39. The number of carbonyl (C=O) groups excluding carboxylic acids is 1. The van der Waals surface area contributed by atoms with Crippen LogP contribution in [-0.4, -0.2) is 40.0 Å². The minimum absolute atomic E-state index is 0.0501. The Kier molecular flexibility index (Phi) is 5.27. The SMILES string of the molecule is CCN(CC(=O)O)C(=O)Nc1ccc(Cl)c([N+](=O)[O-])c1. The molecule has 0 aliphatic heterocycles. The minimum atomic E-state index is -1.15. The maximum atomic E-state index is 11.8. The molecule has 0 unspecified atom stereocenters. The van der Waals surface area contributed by atoms with Gasteiger partial charge in [-0.05, 0) is 19.1 Å². The van der Waals surface area contributed by atoms with Crippen molar-refractivity contribution >= 4 is 35.0 Å². The Morgan fingerprint density at radius 3 is 2.65 bits per heavy atom. The van der Waals surface area contributed by atoms with Crippen LogP contribution in [0.3, 0.4) is 0 Å². The summed E-state index contributed by atoms with van der Waals surface area (Å²) in [6.07, 6.45) is 0. The van der Waals surface area contributed by atoms with Gasteiger partial charge in [0.15, 0.2) is 0 Å². The Bertz CT molecular complexity index is 549. The second-order valence-corrected chi connectivity index (χ2v) is 4.17. The lowest BCUT2D eigenvalue weighted by molar-refractivity contribution is -0.384. The normalized spacial score (nSPS) is 9.90. The van der Waals surface area contributed by atoms with Gasteiger partial charge >= 0.3 is 12.0 Å². The van der Waals surface area contributed by atoms with Gasteiger partial charge in [-0.3, -0.25) is 14.9 Å². The van der Waals surface area contributed by atoms with E-state index in [0.717, 1.165) is 11.0 Å². The topological polar surface area (TPSA) is 113 Å². The van der Waals surface area contributed by atoms with E-state index in [-0.39, 0.29) is 22.9 Å². The first kappa shape index (κ1) is 15.7. The van der Waals surface area contributed by atoms with Crippen LogP contribution in [0.2, 0.25) is 5.02 Å². The number of benzene rings is 1. The predicted octanol–water partition coefficient (Wildman–Crippen LogP) is 2.19. The zero-order valence-corrected chi connectivity index (χ0v) is 11.3. The summed E-state index contributed by atoms with van der Waals surface area (Å²) < 4.78 is 0. The Morgan fingerprint density at radius 2 is 2.15 bits per heavy atom. The fourth-order valence-corrected chi connectivity index (χ4v) is 1.61. The highest BCUT2D eigenvalue weighted by Gasteiger charge is 2.17. The van der Waals surface area contributed by atoms with Gasteiger partial charge in [-0.1, -0.05) is 11.6 Å². The molecule has 0 aliphatic rings. The summed E-state index contributed by atoms with van der Waals surface area (Å²) in [4.78, 5) is 33.5. The number of anilines is 1. The lowest BCUT2D eigenvalue weighted by atomic mass is 10.3. The van der Waals surface area contributed by atoms with Crippen molar-refractivity contribution in [1.82, 2.24) is 4.90 Å². The van der Waals surface area contributed by atoms with Crippen LogP contribution in [0.5, 0.6) is 0 Å². The van der Waals surface area contributed by atoms with Crippen LogP contribution in [0.4, 0.5) is 16.2 Å². The number of nitro benzene ring substituents is 1. The second kappa shape index (κ2) is 6.71. The molecule has 8 nitrogen and oxygen atoms in total. The quantitative estimate of drug-likeness (QED) is 0.639. The first-order chi connectivity index (χ1) is 9.35. The number of carboxylic acids is 1.